The molecule has 0 atom stereocenters. The average molecular weight is 1150 g/mol. The van der Waals surface area contributed by atoms with Crippen molar-refractivity contribution >= 4 is 0 Å². The van der Waals surface area contributed by atoms with E-state index in [0.717, 1.165) is 87.6 Å². The molecule has 0 aromatic heterocycles. The highest BCUT2D eigenvalue weighted by Gasteiger charge is 2.15. The van der Waals surface area contributed by atoms with Crippen LogP contribution in [0.5, 0.6) is 0 Å². The predicted molar refractivity (Wildman–Crippen MR) is 353 cm³/mol. The molecule has 484 valence electrons. The minimum atomic E-state index is 0.132. The Hall–Kier alpha value is -1.44. The van der Waals surface area contributed by atoms with Gasteiger partial charge in [0.2, 0.25) is 0 Å². The Morgan fingerprint density at radius 3 is 0.556 bits per heavy atom. The first kappa shape index (κ1) is 79.6. The van der Waals surface area contributed by atoms with Crippen LogP contribution in [0.3, 0.4) is 0 Å². The summed E-state index contributed by atoms with van der Waals surface area (Å²) in [4.78, 5) is 0. The zero-order chi connectivity index (χ0) is 58.5. The van der Waals surface area contributed by atoms with Gasteiger partial charge in [0, 0.05) is 12.8 Å². The van der Waals surface area contributed by atoms with Crippen LogP contribution >= 0.6 is 0 Å². The van der Waals surface area contributed by atoms with E-state index in [-0.39, 0.29) is 13.6 Å². The van der Waals surface area contributed by atoms with Crippen LogP contribution in [0.15, 0.2) is 23.0 Å². The summed E-state index contributed by atoms with van der Waals surface area (Å²) in [7, 11) is 0. The molecule has 0 aromatic carbocycles. The summed E-state index contributed by atoms with van der Waals surface area (Å²) in [6.45, 7) is 17.7. The van der Waals surface area contributed by atoms with Crippen molar-refractivity contribution in [3.05, 3.63) is 23.0 Å². The van der Waals surface area contributed by atoms with Gasteiger partial charge in [-0.15, -0.1) is 0 Å². The topological polar surface area (TPSA) is 64.6 Å². The summed E-state index contributed by atoms with van der Waals surface area (Å²) >= 11 is 0. The first-order valence-electron chi connectivity index (χ1n) is 36.9. The maximum absolute atomic E-state index is 6.71. The van der Waals surface area contributed by atoms with Gasteiger partial charge in [0.1, 0.15) is 38.3 Å². The molecule has 0 bridgehead atoms. The van der Waals surface area contributed by atoms with E-state index < -0.39 is 0 Å². The van der Waals surface area contributed by atoms with Crippen molar-refractivity contribution in [2.75, 3.05) is 53.2 Å². The van der Waals surface area contributed by atoms with Gasteiger partial charge in [-0.05, 0) is 38.5 Å². The number of rotatable bonds is 72. The quantitative estimate of drug-likeness (QED) is 0.0342. The van der Waals surface area contributed by atoms with Crippen LogP contribution in [0, 0.1) is 0 Å². The van der Waals surface area contributed by atoms with Crippen LogP contribution in [0.4, 0.5) is 0 Å². The lowest BCUT2D eigenvalue weighted by Gasteiger charge is -2.19. The highest BCUT2D eigenvalue weighted by atomic mass is 16.7. The number of hydrogen-bond donors (Lipinski definition) is 0. The number of hydrogen-bond acceptors (Lipinski definition) is 7. The van der Waals surface area contributed by atoms with Crippen LogP contribution in [0.25, 0.3) is 0 Å². The molecule has 0 aliphatic rings. The molecule has 0 spiro atoms. The molecule has 0 saturated carbocycles. The molecule has 0 rings (SSSR count). The highest BCUT2D eigenvalue weighted by Crippen LogP contribution is 2.24. The first-order chi connectivity index (χ1) is 40.2. The summed E-state index contributed by atoms with van der Waals surface area (Å²) in [6.07, 6.45) is 72.3. The maximum atomic E-state index is 6.71. The van der Waals surface area contributed by atoms with E-state index in [0.29, 0.717) is 26.4 Å². The summed E-state index contributed by atoms with van der Waals surface area (Å²) in [5.74, 6) is 3.75. The van der Waals surface area contributed by atoms with E-state index >= 15 is 0 Å². The third-order valence-corrected chi connectivity index (χ3v) is 16.5. The fourth-order valence-corrected chi connectivity index (χ4v) is 11.0. The Morgan fingerprint density at radius 1 is 0.173 bits per heavy atom. The van der Waals surface area contributed by atoms with Crippen molar-refractivity contribution < 1.29 is 33.2 Å². The molecule has 7 nitrogen and oxygen atoms in total. The van der Waals surface area contributed by atoms with Gasteiger partial charge in [0.25, 0.3) is 0 Å². The van der Waals surface area contributed by atoms with Crippen LogP contribution in [0.1, 0.15) is 401 Å². The van der Waals surface area contributed by atoms with Crippen LogP contribution in [-0.4, -0.2) is 53.2 Å². The molecule has 0 aromatic rings. The third-order valence-electron chi connectivity index (χ3n) is 16.5. The molecule has 0 fully saturated rings. The fourth-order valence-electron chi connectivity index (χ4n) is 11.0. The molecule has 7 heteroatoms. The van der Waals surface area contributed by atoms with Gasteiger partial charge in [-0.25, -0.2) is 0 Å². The maximum Gasteiger partial charge on any atom is 0.159 e. The molecular weight excluding hydrogens is 1000 g/mol. The summed E-state index contributed by atoms with van der Waals surface area (Å²) in [5.41, 5.74) is 0. The molecule has 0 N–H and O–H groups in total. The Bertz CT molecular complexity index is 1140. The lowest BCUT2D eigenvalue weighted by Crippen LogP contribution is -2.14. The van der Waals surface area contributed by atoms with Crippen molar-refractivity contribution in [2.45, 2.75) is 401 Å². The zero-order valence-corrected chi connectivity index (χ0v) is 56.1. The van der Waals surface area contributed by atoms with Gasteiger partial charge >= 0.3 is 0 Å². The molecule has 0 aliphatic carbocycles. The summed E-state index contributed by atoms with van der Waals surface area (Å²) in [5, 5.41) is 0. The Kier molecular flexibility index (Phi) is 69.8. The van der Waals surface area contributed by atoms with Crippen LogP contribution in [-0.2, 0) is 33.2 Å². The normalized spacial score (nSPS) is 12.3. The minimum Gasteiger partial charge on any atom is -0.494 e. The van der Waals surface area contributed by atoms with E-state index in [1.165, 1.54) is 308 Å². The van der Waals surface area contributed by atoms with Crippen molar-refractivity contribution in [3.63, 3.8) is 0 Å². The Balaban J connectivity index is 5.94. The molecular formula is C74H146O7. The largest absolute Gasteiger partial charge is 0.494 e. The van der Waals surface area contributed by atoms with E-state index in [4.69, 9.17) is 33.2 Å². The highest BCUT2D eigenvalue weighted by molar-refractivity contribution is 5.03. The molecule has 0 aliphatic heterocycles. The number of allylic oxidation sites excluding steroid dienone is 2. The van der Waals surface area contributed by atoms with Gasteiger partial charge in [-0.1, -0.05) is 350 Å². The van der Waals surface area contributed by atoms with Crippen LogP contribution < -0.4 is 0 Å². The van der Waals surface area contributed by atoms with Gasteiger partial charge < -0.3 is 33.2 Å². The SMILES string of the molecule is CCCCCCCCCCCCCC(OCCCCCCCCCC)=C(COCOCOCC(OCCCCCCCCCC)=C(CCCCCCCCCCCCC)OCCCCCCCCCC)OCCCCCCCCCC. The average Bonchev–Trinajstić information content (AvgIpc) is 3.48. The van der Waals surface area contributed by atoms with Crippen molar-refractivity contribution in [1.82, 2.24) is 0 Å². The lowest BCUT2D eigenvalue weighted by atomic mass is 10.0. The first-order valence-corrected chi connectivity index (χ1v) is 36.9. The van der Waals surface area contributed by atoms with Gasteiger partial charge in [0.15, 0.2) is 11.5 Å². The fraction of sp³-hybridized carbons (Fsp3) is 0.946. The third kappa shape index (κ3) is 61.5. The predicted octanol–water partition coefficient (Wildman–Crippen LogP) is 25.4. The van der Waals surface area contributed by atoms with E-state index in [2.05, 4.69) is 41.5 Å². The second-order valence-corrected chi connectivity index (χ2v) is 24.7. The second kappa shape index (κ2) is 71.0. The van der Waals surface area contributed by atoms with Gasteiger partial charge in [-0.2, -0.15) is 0 Å². The molecule has 0 amide bonds. The number of unbranched alkanes of at least 4 members (excludes halogenated alkanes) is 48. The smallest absolute Gasteiger partial charge is 0.159 e. The van der Waals surface area contributed by atoms with Gasteiger partial charge in [0.05, 0.1) is 26.4 Å². The Labute approximate surface area is 508 Å². The standard InChI is InChI=1S/C74H146O7/c1-7-13-19-25-31-37-39-41-43-49-55-61-71(78-63-57-51-45-33-27-21-15-9-3)73(80-65-59-53-47-35-29-23-17-11-5)67-75-69-77-70-76-68-74(81-66-60-54-48-36-30-24-18-12-6)72(79-64-58-52-46-34-28-22-16-10-4)62-56-50-44-42-40-38-32-26-20-14-8-2/h7-70H2,1-6H3. The Morgan fingerprint density at radius 2 is 0.346 bits per heavy atom. The molecule has 0 radical (unpaired) electrons. The monoisotopic (exact) mass is 1150 g/mol. The van der Waals surface area contributed by atoms with Crippen molar-refractivity contribution in [1.29, 1.82) is 0 Å². The molecule has 0 unspecified atom stereocenters. The summed E-state index contributed by atoms with van der Waals surface area (Å²) < 4.78 is 45.4. The van der Waals surface area contributed by atoms with Crippen molar-refractivity contribution in [3.8, 4) is 0 Å². The van der Waals surface area contributed by atoms with Gasteiger partial charge in [-0.3, -0.25) is 0 Å². The molecule has 81 heavy (non-hydrogen) atoms. The lowest BCUT2D eigenvalue weighted by molar-refractivity contribution is -0.132. The van der Waals surface area contributed by atoms with Crippen LogP contribution in [0.2, 0.25) is 0 Å². The van der Waals surface area contributed by atoms with Crippen molar-refractivity contribution in [2.24, 2.45) is 0 Å². The zero-order valence-electron chi connectivity index (χ0n) is 56.1. The summed E-state index contributed by atoms with van der Waals surface area (Å²) in [6, 6.07) is 0. The second-order valence-electron chi connectivity index (χ2n) is 24.7. The molecule has 0 saturated heterocycles. The molecule has 0 heterocycles. The minimum absolute atomic E-state index is 0.132. The number of ether oxygens (including phenoxy) is 7. The van der Waals surface area contributed by atoms with E-state index in [9.17, 15) is 0 Å². The van der Waals surface area contributed by atoms with E-state index in [1.54, 1.807) is 0 Å². The van der Waals surface area contributed by atoms with E-state index in [1.807, 2.05) is 0 Å².